The third-order valence-electron chi connectivity index (χ3n) is 7.08. The van der Waals surface area contributed by atoms with Crippen molar-refractivity contribution in [1.29, 1.82) is 0 Å². The van der Waals surface area contributed by atoms with E-state index in [1.54, 1.807) is 0 Å². The normalized spacial score (nSPS) is 27.8. The van der Waals surface area contributed by atoms with Gasteiger partial charge in [0, 0.05) is 0 Å². The fourth-order valence-electron chi connectivity index (χ4n) is 5.20. The molecule has 3 rings (SSSR count). The smallest absolute Gasteiger partial charge is 0.314 e. The van der Waals surface area contributed by atoms with Crippen molar-refractivity contribution in [3.63, 3.8) is 0 Å². The van der Waals surface area contributed by atoms with E-state index in [9.17, 15) is 4.79 Å². The number of rotatable bonds is 8. The molecule has 0 amide bonds. The van der Waals surface area contributed by atoms with Gasteiger partial charge in [0.25, 0.3) is 0 Å². The summed E-state index contributed by atoms with van der Waals surface area (Å²) < 4.78 is 5.72. The standard InChI is InChI=1S/C27H40O2/c1-3-5-6-8-22-9-13-23(14-10-22)24-17-19-26(20-18-24)29-27(28)25-15-11-21(7-4-2)12-16-25/h6,8,17-23,25H,3-5,7,9-16H2,1-2H3/b8-6+/t21-,22-,23-,25-. The highest BCUT2D eigenvalue weighted by atomic mass is 16.5. The minimum absolute atomic E-state index is 0.0212. The molecule has 2 nitrogen and oxygen atoms in total. The van der Waals surface area contributed by atoms with Crippen molar-refractivity contribution in [1.82, 2.24) is 0 Å². The van der Waals surface area contributed by atoms with Crippen LogP contribution in [0.4, 0.5) is 0 Å². The van der Waals surface area contributed by atoms with E-state index < -0.39 is 0 Å². The number of hydrogen-bond donors (Lipinski definition) is 0. The largest absolute Gasteiger partial charge is 0.426 e. The maximum Gasteiger partial charge on any atom is 0.314 e. The summed E-state index contributed by atoms with van der Waals surface area (Å²) in [6, 6.07) is 8.36. The number of benzene rings is 1. The van der Waals surface area contributed by atoms with Gasteiger partial charge >= 0.3 is 5.97 Å². The van der Waals surface area contributed by atoms with Crippen LogP contribution < -0.4 is 4.74 Å². The topological polar surface area (TPSA) is 26.3 Å². The molecular weight excluding hydrogens is 356 g/mol. The fraction of sp³-hybridized carbons (Fsp3) is 0.667. The van der Waals surface area contributed by atoms with Crippen LogP contribution in [0.5, 0.6) is 5.75 Å². The number of hydrogen-bond acceptors (Lipinski definition) is 2. The molecule has 0 atom stereocenters. The summed E-state index contributed by atoms with van der Waals surface area (Å²) in [6.07, 6.45) is 19.3. The lowest BCUT2D eigenvalue weighted by Crippen LogP contribution is -2.25. The summed E-state index contributed by atoms with van der Waals surface area (Å²) in [5, 5.41) is 0. The molecule has 2 aliphatic rings. The zero-order valence-corrected chi connectivity index (χ0v) is 18.6. The number of carbonyl (C=O) groups excluding carboxylic acids is 1. The van der Waals surface area contributed by atoms with Crippen LogP contribution in [0.3, 0.4) is 0 Å². The van der Waals surface area contributed by atoms with Crippen molar-refractivity contribution in [2.75, 3.05) is 0 Å². The van der Waals surface area contributed by atoms with Crippen LogP contribution in [-0.4, -0.2) is 5.97 Å². The Morgan fingerprint density at radius 2 is 1.62 bits per heavy atom. The molecular formula is C27H40O2. The Morgan fingerprint density at radius 3 is 2.24 bits per heavy atom. The molecule has 0 spiro atoms. The van der Waals surface area contributed by atoms with E-state index in [1.165, 1.54) is 69.8 Å². The molecule has 2 heteroatoms. The molecule has 0 heterocycles. The van der Waals surface area contributed by atoms with Gasteiger partial charge in [-0.15, -0.1) is 0 Å². The SMILES string of the molecule is CCC/C=C/[C@H]1CC[C@H](c2ccc(OC(=O)[C@H]3CC[C@H](CCC)CC3)cc2)CC1. The number of allylic oxidation sites excluding steroid dienone is 2. The van der Waals surface area contributed by atoms with Gasteiger partial charge in [-0.05, 0) is 93.2 Å². The van der Waals surface area contributed by atoms with Gasteiger partial charge < -0.3 is 4.74 Å². The summed E-state index contributed by atoms with van der Waals surface area (Å²) >= 11 is 0. The molecule has 1 aromatic carbocycles. The summed E-state index contributed by atoms with van der Waals surface area (Å²) in [5.74, 6) is 3.03. The predicted octanol–water partition coefficient (Wildman–Crippen LogP) is 7.83. The number of ether oxygens (including phenoxy) is 1. The molecule has 2 fully saturated rings. The van der Waals surface area contributed by atoms with Gasteiger partial charge in [0.15, 0.2) is 0 Å². The molecule has 0 unspecified atom stereocenters. The number of carbonyl (C=O) groups is 1. The maximum absolute atomic E-state index is 12.5. The molecule has 160 valence electrons. The van der Waals surface area contributed by atoms with E-state index in [-0.39, 0.29) is 11.9 Å². The third-order valence-corrected chi connectivity index (χ3v) is 7.08. The van der Waals surface area contributed by atoms with E-state index in [2.05, 4.69) is 38.1 Å². The van der Waals surface area contributed by atoms with Gasteiger partial charge in [-0.1, -0.05) is 57.4 Å². The fourth-order valence-corrected chi connectivity index (χ4v) is 5.20. The molecule has 0 bridgehead atoms. The van der Waals surface area contributed by atoms with Crippen LogP contribution in [0.2, 0.25) is 0 Å². The molecule has 2 aliphatic carbocycles. The lowest BCUT2D eigenvalue weighted by Gasteiger charge is -2.27. The van der Waals surface area contributed by atoms with E-state index in [1.807, 2.05) is 12.1 Å². The zero-order valence-electron chi connectivity index (χ0n) is 18.6. The molecule has 1 aromatic rings. The van der Waals surface area contributed by atoms with Gasteiger partial charge in [-0.25, -0.2) is 0 Å². The molecule has 0 saturated heterocycles. The first-order chi connectivity index (χ1) is 14.2. The van der Waals surface area contributed by atoms with Gasteiger partial charge in [-0.3, -0.25) is 4.79 Å². The molecule has 29 heavy (non-hydrogen) atoms. The molecule has 0 aromatic heterocycles. The predicted molar refractivity (Wildman–Crippen MR) is 121 cm³/mol. The molecule has 2 saturated carbocycles. The van der Waals surface area contributed by atoms with Crippen molar-refractivity contribution >= 4 is 5.97 Å². The maximum atomic E-state index is 12.5. The minimum Gasteiger partial charge on any atom is -0.426 e. The zero-order chi connectivity index (χ0) is 20.5. The first-order valence-corrected chi connectivity index (χ1v) is 12.2. The molecule has 0 N–H and O–H groups in total. The summed E-state index contributed by atoms with van der Waals surface area (Å²) in [6.45, 7) is 4.49. The van der Waals surface area contributed by atoms with Crippen LogP contribution in [0, 0.1) is 17.8 Å². The second-order valence-electron chi connectivity index (χ2n) is 9.32. The lowest BCUT2D eigenvalue weighted by atomic mass is 9.78. The molecule has 0 aliphatic heterocycles. The quantitative estimate of drug-likeness (QED) is 0.254. The van der Waals surface area contributed by atoms with Crippen molar-refractivity contribution < 1.29 is 9.53 Å². The average Bonchev–Trinajstić information content (AvgIpc) is 2.76. The Bertz CT molecular complexity index is 629. The van der Waals surface area contributed by atoms with E-state index in [0.29, 0.717) is 11.7 Å². The monoisotopic (exact) mass is 396 g/mol. The number of esters is 1. The van der Waals surface area contributed by atoms with Gasteiger partial charge in [-0.2, -0.15) is 0 Å². The summed E-state index contributed by atoms with van der Waals surface area (Å²) in [7, 11) is 0. The van der Waals surface area contributed by atoms with Crippen LogP contribution in [0.1, 0.15) is 102 Å². The van der Waals surface area contributed by atoms with Gasteiger partial charge in [0.05, 0.1) is 5.92 Å². The second-order valence-corrected chi connectivity index (χ2v) is 9.32. The Morgan fingerprint density at radius 1 is 0.931 bits per heavy atom. The Kier molecular flexibility index (Phi) is 8.83. The van der Waals surface area contributed by atoms with Crippen molar-refractivity contribution in [3.05, 3.63) is 42.0 Å². The first-order valence-electron chi connectivity index (χ1n) is 12.2. The Hall–Kier alpha value is -1.57. The van der Waals surface area contributed by atoms with E-state index in [0.717, 1.165) is 24.7 Å². The first kappa shape index (κ1) is 22.1. The Labute approximate surface area is 178 Å². The van der Waals surface area contributed by atoms with Crippen LogP contribution >= 0.6 is 0 Å². The van der Waals surface area contributed by atoms with Crippen LogP contribution in [0.25, 0.3) is 0 Å². The highest BCUT2D eigenvalue weighted by Crippen LogP contribution is 2.37. The third kappa shape index (κ3) is 6.73. The van der Waals surface area contributed by atoms with Gasteiger partial charge in [0.2, 0.25) is 0 Å². The van der Waals surface area contributed by atoms with Crippen molar-refractivity contribution in [2.24, 2.45) is 17.8 Å². The van der Waals surface area contributed by atoms with Crippen LogP contribution in [-0.2, 0) is 4.79 Å². The summed E-state index contributed by atoms with van der Waals surface area (Å²) in [4.78, 5) is 12.5. The van der Waals surface area contributed by atoms with Crippen LogP contribution in [0.15, 0.2) is 36.4 Å². The van der Waals surface area contributed by atoms with E-state index >= 15 is 0 Å². The number of unbranched alkanes of at least 4 members (excludes halogenated alkanes) is 1. The van der Waals surface area contributed by atoms with Gasteiger partial charge in [0.1, 0.15) is 5.75 Å². The lowest BCUT2D eigenvalue weighted by molar-refractivity contribution is -0.140. The molecule has 0 radical (unpaired) electrons. The average molecular weight is 397 g/mol. The van der Waals surface area contributed by atoms with E-state index in [4.69, 9.17) is 4.74 Å². The van der Waals surface area contributed by atoms with Crippen molar-refractivity contribution in [2.45, 2.75) is 96.8 Å². The highest BCUT2D eigenvalue weighted by molar-refractivity contribution is 5.75. The summed E-state index contributed by atoms with van der Waals surface area (Å²) in [5.41, 5.74) is 1.40. The second kappa shape index (κ2) is 11.6. The highest BCUT2D eigenvalue weighted by Gasteiger charge is 2.27. The minimum atomic E-state index is -0.0212. The van der Waals surface area contributed by atoms with Crippen molar-refractivity contribution in [3.8, 4) is 5.75 Å². The Balaban J connectivity index is 1.44.